The Bertz CT molecular complexity index is 364. The van der Waals surface area contributed by atoms with E-state index in [0.717, 1.165) is 24.3 Å². The fourth-order valence-electron chi connectivity index (χ4n) is 3.12. The van der Waals surface area contributed by atoms with Gasteiger partial charge in [0.15, 0.2) is 0 Å². The summed E-state index contributed by atoms with van der Waals surface area (Å²) in [7, 11) is 0. The normalized spacial score (nSPS) is 29.5. The molecule has 0 unspecified atom stereocenters. The van der Waals surface area contributed by atoms with Crippen molar-refractivity contribution in [2.75, 3.05) is 17.2 Å². The summed E-state index contributed by atoms with van der Waals surface area (Å²) in [6, 6.07) is 6.67. The Morgan fingerprint density at radius 3 is 3.07 bits per heavy atom. The van der Waals surface area contributed by atoms with Gasteiger partial charge >= 0.3 is 0 Å². The van der Waals surface area contributed by atoms with Crippen LogP contribution < -0.4 is 10.6 Å². The molecule has 3 heteroatoms. The van der Waals surface area contributed by atoms with Gasteiger partial charge < -0.3 is 10.6 Å². The highest BCUT2D eigenvalue weighted by Gasteiger charge is 2.37. The van der Waals surface area contributed by atoms with Crippen molar-refractivity contribution in [2.45, 2.75) is 31.7 Å². The maximum atomic E-state index is 5.73. The highest BCUT2D eigenvalue weighted by atomic mass is 15.2. The molecule has 2 N–H and O–H groups in total. The van der Waals surface area contributed by atoms with Crippen LogP contribution in [0.2, 0.25) is 0 Å². The molecule has 0 spiro atoms. The summed E-state index contributed by atoms with van der Waals surface area (Å²) in [5, 5.41) is 0. The predicted octanol–water partition coefficient (Wildman–Crippen LogP) is 2.04. The highest BCUT2D eigenvalue weighted by molar-refractivity contribution is 5.47. The van der Waals surface area contributed by atoms with Crippen molar-refractivity contribution in [2.24, 2.45) is 5.92 Å². The van der Waals surface area contributed by atoms with Crippen LogP contribution in [0.3, 0.4) is 0 Å². The van der Waals surface area contributed by atoms with E-state index in [4.69, 9.17) is 5.73 Å². The molecule has 3 rings (SSSR count). The zero-order valence-electron chi connectivity index (χ0n) is 8.89. The third kappa shape index (κ3) is 1.46. The SMILES string of the molecule is Nc1cccc(N2CC[C@@H]3CCC[C@@H]32)n1. The number of hydrogen-bond donors (Lipinski definition) is 1. The second-order valence-corrected chi connectivity index (χ2v) is 4.66. The Morgan fingerprint density at radius 2 is 2.20 bits per heavy atom. The van der Waals surface area contributed by atoms with Crippen molar-refractivity contribution in [1.29, 1.82) is 0 Å². The van der Waals surface area contributed by atoms with E-state index < -0.39 is 0 Å². The quantitative estimate of drug-likeness (QED) is 0.759. The van der Waals surface area contributed by atoms with Crippen LogP contribution in [0.1, 0.15) is 25.7 Å². The van der Waals surface area contributed by atoms with Crippen molar-refractivity contribution in [3.63, 3.8) is 0 Å². The molecule has 1 saturated heterocycles. The topological polar surface area (TPSA) is 42.1 Å². The van der Waals surface area contributed by atoms with Crippen molar-refractivity contribution in [3.05, 3.63) is 18.2 Å². The van der Waals surface area contributed by atoms with Gasteiger partial charge in [-0.3, -0.25) is 0 Å². The average Bonchev–Trinajstić information content (AvgIpc) is 2.77. The number of pyridine rings is 1. The van der Waals surface area contributed by atoms with Crippen LogP contribution in [0.4, 0.5) is 11.6 Å². The van der Waals surface area contributed by atoms with Crippen molar-refractivity contribution in [1.82, 2.24) is 4.98 Å². The molecule has 3 nitrogen and oxygen atoms in total. The molecule has 0 radical (unpaired) electrons. The minimum absolute atomic E-state index is 0.633. The Balaban J connectivity index is 1.88. The molecule has 2 fully saturated rings. The van der Waals surface area contributed by atoms with E-state index in [-0.39, 0.29) is 0 Å². The van der Waals surface area contributed by atoms with Crippen LogP contribution in [0.15, 0.2) is 18.2 Å². The maximum Gasteiger partial charge on any atom is 0.131 e. The van der Waals surface area contributed by atoms with Gasteiger partial charge in [0.2, 0.25) is 0 Å². The predicted molar refractivity (Wildman–Crippen MR) is 61.7 cm³/mol. The Labute approximate surface area is 90.3 Å². The first-order valence-electron chi connectivity index (χ1n) is 5.84. The zero-order chi connectivity index (χ0) is 10.3. The average molecular weight is 203 g/mol. The monoisotopic (exact) mass is 203 g/mol. The zero-order valence-corrected chi connectivity index (χ0v) is 8.89. The van der Waals surface area contributed by atoms with Crippen molar-refractivity contribution < 1.29 is 0 Å². The van der Waals surface area contributed by atoms with Gasteiger partial charge in [0.05, 0.1) is 0 Å². The van der Waals surface area contributed by atoms with Crippen LogP contribution in [0.5, 0.6) is 0 Å². The molecule has 1 aliphatic heterocycles. The number of nitrogens with zero attached hydrogens (tertiary/aromatic N) is 2. The van der Waals surface area contributed by atoms with E-state index >= 15 is 0 Å². The summed E-state index contributed by atoms with van der Waals surface area (Å²) in [4.78, 5) is 6.87. The number of anilines is 2. The van der Waals surface area contributed by atoms with Crippen molar-refractivity contribution >= 4 is 11.6 Å². The van der Waals surface area contributed by atoms with Crippen LogP contribution >= 0.6 is 0 Å². The second-order valence-electron chi connectivity index (χ2n) is 4.66. The molecule has 0 aromatic carbocycles. The summed E-state index contributed by atoms with van der Waals surface area (Å²) >= 11 is 0. The Hall–Kier alpha value is -1.25. The van der Waals surface area contributed by atoms with E-state index in [9.17, 15) is 0 Å². The summed E-state index contributed by atoms with van der Waals surface area (Å²) in [6.07, 6.45) is 5.46. The molecule has 2 heterocycles. The molecule has 2 aliphatic rings. The molecule has 1 aliphatic carbocycles. The lowest BCUT2D eigenvalue weighted by molar-refractivity contribution is 0.540. The molecule has 1 aromatic rings. The van der Waals surface area contributed by atoms with Crippen molar-refractivity contribution in [3.8, 4) is 0 Å². The lowest BCUT2D eigenvalue weighted by atomic mass is 10.0. The van der Waals surface area contributed by atoms with Gasteiger partial charge in [-0.15, -0.1) is 0 Å². The van der Waals surface area contributed by atoms with E-state index in [0.29, 0.717) is 5.82 Å². The lowest BCUT2D eigenvalue weighted by Crippen LogP contribution is -2.30. The molecule has 0 bridgehead atoms. The molecule has 1 aromatic heterocycles. The van der Waals surface area contributed by atoms with E-state index in [1.54, 1.807) is 0 Å². The summed E-state index contributed by atoms with van der Waals surface area (Å²) in [5.74, 6) is 2.62. The fourth-order valence-corrected chi connectivity index (χ4v) is 3.12. The van der Waals surface area contributed by atoms with E-state index in [1.807, 2.05) is 12.1 Å². The third-order valence-electron chi connectivity index (χ3n) is 3.81. The second kappa shape index (κ2) is 3.40. The number of fused-ring (bicyclic) bond motifs is 1. The third-order valence-corrected chi connectivity index (χ3v) is 3.81. The first-order valence-corrected chi connectivity index (χ1v) is 5.84. The van der Waals surface area contributed by atoms with Gasteiger partial charge in [0, 0.05) is 12.6 Å². The van der Waals surface area contributed by atoms with E-state index in [1.165, 1.54) is 25.7 Å². The van der Waals surface area contributed by atoms with E-state index in [2.05, 4.69) is 16.0 Å². The standard InChI is InChI=1S/C12H17N3/c13-11-5-2-6-12(14-11)15-8-7-9-3-1-4-10(9)15/h2,5-6,9-10H,1,3-4,7-8H2,(H2,13,14)/t9-,10-/m0/s1. The smallest absolute Gasteiger partial charge is 0.131 e. The molecule has 0 amide bonds. The summed E-state index contributed by atoms with van der Waals surface area (Å²) < 4.78 is 0. The molecule has 15 heavy (non-hydrogen) atoms. The minimum Gasteiger partial charge on any atom is -0.384 e. The van der Waals surface area contributed by atoms with Gasteiger partial charge in [0.25, 0.3) is 0 Å². The molecule has 1 saturated carbocycles. The number of hydrogen-bond acceptors (Lipinski definition) is 3. The van der Waals surface area contributed by atoms with Gasteiger partial charge in [-0.25, -0.2) is 4.98 Å². The molecule has 80 valence electrons. The van der Waals surface area contributed by atoms with Gasteiger partial charge in [-0.05, 0) is 37.3 Å². The maximum absolute atomic E-state index is 5.73. The largest absolute Gasteiger partial charge is 0.384 e. The molecule has 2 atom stereocenters. The van der Waals surface area contributed by atoms with Crippen LogP contribution in [0.25, 0.3) is 0 Å². The fraction of sp³-hybridized carbons (Fsp3) is 0.583. The summed E-state index contributed by atoms with van der Waals surface area (Å²) in [6.45, 7) is 1.16. The summed E-state index contributed by atoms with van der Waals surface area (Å²) in [5.41, 5.74) is 5.73. The Kier molecular flexibility index (Phi) is 2.04. The number of rotatable bonds is 1. The van der Waals surface area contributed by atoms with Crippen LogP contribution in [0, 0.1) is 5.92 Å². The number of aromatic nitrogens is 1. The van der Waals surface area contributed by atoms with Gasteiger partial charge in [0.1, 0.15) is 11.6 Å². The molecular formula is C12H17N3. The van der Waals surface area contributed by atoms with Crippen LogP contribution in [-0.2, 0) is 0 Å². The minimum atomic E-state index is 0.633. The van der Waals surface area contributed by atoms with Gasteiger partial charge in [-0.1, -0.05) is 12.5 Å². The lowest BCUT2D eigenvalue weighted by Gasteiger charge is -2.25. The highest BCUT2D eigenvalue weighted by Crippen LogP contribution is 2.39. The first kappa shape index (κ1) is 9.01. The molecular weight excluding hydrogens is 186 g/mol. The van der Waals surface area contributed by atoms with Crippen LogP contribution in [-0.4, -0.2) is 17.6 Å². The number of nitrogens with two attached hydrogens (primary N) is 1. The Morgan fingerprint density at radius 1 is 1.27 bits per heavy atom. The first-order chi connectivity index (χ1) is 7.34. The number of nitrogen functional groups attached to an aromatic ring is 1. The van der Waals surface area contributed by atoms with Gasteiger partial charge in [-0.2, -0.15) is 0 Å².